The number of benzene rings is 1. The number of phenolic OH excluding ortho intramolecular Hbond substituents is 1. The molecule has 1 aromatic rings. The number of anilines is 1. The number of hydrogen-bond acceptors (Lipinski definition) is 6. The van der Waals surface area contributed by atoms with E-state index in [0.29, 0.717) is 30.2 Å². The lowest BCUT2D eigenvalue weighted by Gasteiger charge is -2.38. The van der Waals surface area contributed by atoms with Gasteiger partial charge in [0.2, 0.25) is 0 Å². The van der Waals surface area contributed by atoms with E-state index < -0.39 is 0 Å². The van der Waals surface area contributed by atoms with E-state index in [4.69, 9.17) is 14.2 Å². The first-order valence-corrected chi connectivity index (χ1v) is 9.32. The van der Waals surface area contributed by atoms with Crippen LogP contribution in [0.3, 0.4) is 0 Å². The fourth-order valence-corrected chi connectivity index (χ4v) is 4.23. The number of nitrogens with zero attached hydrogens (tertiary/aromatic N) is 2. The van der Waals surface area contributed by atoms with E-state index in [0.717, 1.165) is 32.1 Å². The summed E-state index contributed by atoms with van der Waals surface area (Å²) in [7, 11) is 3.43. The lowest BCUT2D eigenvalue weighted by molar-refractivity contribution is -0.195. The Hall–Kier alpha value is -1.99. The molecule has 3 heterocycles. The first-order valence-electron chi connectivity index (χ1n) is 9.32. The van der Waals surface area contributed by atoms with Crippen LogP contribution in [-0.2, 0) is 9.47 Å². The number of carbonyl (C=O) groups is 1. The van der Waals surface area contributed by atoms with Crippen LogP contribution >= 0.6 is 0 Å². The van der Waals surface area contributed by atoms with Gasteiger partial charge in [-0.1, -0.05) is 0 Å². The van der Waals surface area contributed by atoms with Crippen molar-refractivity contribution in [1.82, 2.24) is 4.90 Å². The molecule has 3 atom stereocenters. The van der Waals surface area contributed by atoms with Crippen molar-refractivity contribution in [2.45, 2.75) is 50.7 Å². The normalized spacial score (nSPS) is 28.5. The molecule has 0 aromatic heterocycles. The number of fused-ring (bicyclic) bond motifs is 2. The summed E-state index contributed by atoms with van der Waals surface area (Å²) < 4.78 is 17.4. The highest BCUT2D eigenvalue weighted by Crippen LogP contribution is 2.40. The van der Waals surface area contributed by atoms with Crippen molar-refractivity contribution in [2.75, 3.05) is 32.2 Å². The number of ether oxygens (including phenoxy) is 3. The molecule has 142 valence electrons. The highest BCUT2D eigenvalue weighted by molar-refractivity contribution is 6.01. The average molecular weight is 362 g/mol. The van der Waals surface area contributed by atoms with Crippen molar-refractivity contribution in [1.29, 1.82) is 0 Å². The van der Waals surface area contributed by atoms with Crippen molar-refractivity contribution in [3.8, 4) is 11.5 Å². The Morgan fingerprint density at radius 1 is 1.23 bits per heavy atom. The van der Waals surface area contributed by atoms with E-state index in [-0.39, 0.29) is 30.2 Å². The summed E-state index contributed by atoms with van der Waals surface area (Å²) in [5.74, 6) is 0.250. The van der Waals surface area contributed by atoms with Gasteiger partial charge in [0.15, 0.2) is 24.0 Å². The number of carbonyl (C=O) groups excluding carboxylic acids is 1. The Morgan fingerprint density at radius 3 is 2.81 bits per heavy atom. The van der Waals surface area contributed by atoms with Gasteiger partial charge < -0.3 is 29.1 Å². The third-order valence-corrected chi connectivity index (χ3v) is 5.61. The van der Waals surface area contributed by atoms with Gasteiger partial charge in [-0.3, -0.25) is 4.79 Å². The smallest absolute Gasteiger partial charge is 0.256 e. The lowest BCUT2D eigenvalue weighted by atomic mass is 10.1. The second-order valence-electron chi connectivity index (χ2n) is 7.18. The molecule has 2 fully saturated rings. The molecule has 1 N–H and O–H groups in total. The second kappa shape index (κ2) is 6.96. The lowest BCUT2D eigenvalue weighted by Crippen LogP contribution is -2.50. The number of phenols is 1. The molecular weight excluding hydrogens is 336 g/mol. The molecule has 0 saturated carbocycles. The molecule has 1 aromatic carbocycles. The van der Waals surface area contributed by atoms with Gasteiger partial charge in [-0.25, -0.2) is 0 Å². The minimum absolute atomic E-state index is 0.0290. The molecule has 26 heavy (non-hydrogen) atoms. The number of rotatable bonds is 3. The van der Waals surface area contributed by atoms with Gasteiger partial charge in [-0.2, -0.15) is 0 Å². The monoisotopic (exact) mass is 362 g/mol. The summed E-state index contributed by atoms with van der Waals surface area (Å²) in [6.45, 7) is 1.42. The van der Waals surface area contributed by atoms with Gasteiger partial charge in [-0.15, -0.1) is 0 Å². The van der Waals surface area contributed by atoms with Crippen molar-refractivity contribution < 1.29 is 24.1 Å². The Morgan fingerprint density at radius 2 is 2.08 bits per heavy atom. The van der Waals surface area contributed by atoms with E-state index in [1.165, 1.54) is 13.2 Å². The Balaban J connectivity index is 1.73. The number of likely N-dealkylation sites (N-methyl/N-ethyl adjacent to an activating group) is 1. The molecule has 0 aliphatic carbocycles. The summed E-state index contributed by atoms with van der Waals surface area (Å²) in [5.41, 5.74) is 1.19. The molecule has 7 heteroatoms. The molecule has 1 unspecified atom stereocenters. The molecule has 1 amide bonds. The third kappa shape index (κ3) is 2.89. The van der Waals surface area contributed by atoms with Gasteiger partial charge in [0.05, 0.1) is 24.4 Å². The van der Waals surface area contributed by atoms with E-state index in [9.17, 15) is 9.90 Å². The SMILES string of the molecule is COc1cc2c(cc1O)C(=O)N1CCC[C@H]1[C@H](OC1CCCCO1)N2C. The third-order valence-electron chi connectivity index (χ3n) is 5.61. The zero-order chi connectivity index (χ0) is 18.3. The van der Waals surface area contributed by atoms with Gasteiger partial charge >= 0.3 is 0 Å². The number of methoxy groups -OCH3 is 1. The van der Waals surface area contributed by atoms with Gasteiger partial charge in [0, 0.05) is 26.3 Å². The topological polar surface area (TPSA) is 71.5 Å². The van der Waals surface area contributed by atoms with Crippen LogP contribution in [0.15, 0.2) is 12.1 Å². The maximum atomic E-state index is 13.1. The molecule has 0 spiro atoms. The van der Waals surface area contributed by atoms with E-state index in [1.54, 1.807) is 6.07 Å². The first kappa shape index (κ1) is 17.4. The summed E-state index contributed by atoms with van der Waals surface area (Å²) in [6.07, 6.45) is 4.34. The summed E-state index contributed by atoms with van der Waals surface area (Å²) in [6, 6.07) is 3.18. The van der Waals surface area contributed by atoms with Crippen LogP contribution in [0.4, 0.5) is 5.69 Å². The molecule has 4 rings (SSSR count). The van der Waals surface area contributed by atoms with Gasteiger partial charge in [0.25, 0.3) is 5.91 Å². The first-order chi connectivity index (χ1) is 12.6. The summed E-state index contributed by atoms with van der Waals surface area (Å²) in [4.78, 5) is 17.0. The fourth-order valence-electron chi connectivity index (χ4n) is 4.23. The highest BCUT2D eigenvalue weighted by Gasteiger charge is 2.43. The zero-order valence-electron chi connectivity index (χ0n) is 15.3. The maximum absolute atomic E-state index is 13.1. The highest BCUT2D eigenvalue weighted by atomic mass is 16.7. The van der Waals surface area contributed by atoms with Crippen molar-refractivity contribution in [3.63, 3.8) is 0 Å². The number of aromatic hydroxyl groups is 1. The Labute approximate surface area is 153 Å². The molecule has 2 saturated heterocycles. The van der Waals surface area contributed by atoms with Crippen LogP contribution in [0, 0.1) is 0 Å². The predicted octanol–water partition coefficient (Wildman–Crippen LogP) is 2.32. The van der Waals surface area contributed by atoms with Crippen molar-refractivity contribution in [2.24, 2.45) is 0 Å². The van der Waals surface area contributed by atoms with E-state index in [2.05, 4.69) is 0 Å². The van der Waals surface area contributed by atoms with E-state index in [1.807, 2.05) is 16.8 Å². The maximum Gasteiger partial charge on any atom is 0.256 e. The molecule has 0 bridgehead atoms. The van der Waals surface area contributed by atoms with Crippen LogP contribution in [0.1, 0.15) is 42.5 Å². The molecule has 3 aliphatic heterocycles. The average Bonchev–Trinajstić information content (AvgIpc) is 3.12. The van der Waals surface area contributed by atoms with Crippen LogP contribution in [-0.4, -0.2) is 61.8 Å². The standard InChI is InChI=1S/C19H26N2O5/c1-20-14-11-16(24-2)15(22)10-12(14)18(23)21-8-5-6-13(21)19(20)26-17-7-3-4-9-25-17/h10-11,13,17,19,22H,3-9H2,1-2H3/t13-,17?,19-/m0/s1. The van der Waals surface area contributed by atoms with Crippen molar-refractivity contribution in [3.05, 3.63) is 17.7 Å². The number of amides is 1. The Kier molecular flexibility index (Phi) is 4.67. The van der Waals surface area contributed by atoms with Gasteiger partial charge in [0.1, 0.15) is 0 Å². The molecule has 3 aliphatic rings. The Bertz CT molecular complexity index is 689. The molecule has 0 radical (unpaired) electrons. The summed E-state index contributed by atoms with van der Waals surface area (Å²) in [5, 5.41) is 10.2. The summed E-state index contributed by atoms with van der Waals surface area (Å²) >= 11 is 0. The molecular formula is C19H26N2O5. The fraction of sp³-hybridized carbons (Fsp3) is 0.632. The second-order valence-corrected chi connectivity index (χ2v) is 7.18. The minimum atomic E-state index is -0.292. The largest absolute Gasteiger partial charge is 0.504 e. The quantitative estimate of drug-likeness (QED) is 0.890. The zero-order valence-corrected chi connectivity index (χ0v) is 15.3. The van der Waals surface area contributed by atoms with Crippen molar-refractivity contribution >= 4 is 11.6 Å². The van der Waals surface area contributed by atoms with Gasteiger partial charge in [-0.05, 0) is 38.2 Å². The van der Waals surface area contributed by atoms with Crippen LogP contribution in [0.5, 0.6) is 11.5 Å². The van der Waals surface area contributed by atoms with Crippen LogP contribution < -0.4 is 9.64 Å². The van der Waals surface area contributed by atoms with E-state index >= 15 is 0 Å². The predicted molar refractivity (Wildman–Crippen MR) is 95.6 cm³/mol. The van der Waals surface area contributed by atoms with Crippen LogP contribution in [0.2, 0.25) is 0 Å². The minimum Gasteiger partial charge on any atom is -0.504 e. The van der Waals surface area contributed by atoms with Crippen LogP contribution in [0.25, 0.3) is 0 Å². The molecule has 7 nitrogen and oxygen atoms in total. The number of hydrogen-bond donors (Lipinski definition) is 1.